The van der Waals surface area contributed by atoms with E-state index in [1.54, 1.807) is 18.2 Å². The summed E-state index contributed by atoms with van der Waals surface area (Å²) in [5.41, 5.74) is -0.182. The normalized spacial score (nSPS) is 11.1. The van der Waals surface area contributed by atoms with Crippen LogP contribution in [0.4, 0.5) is 5.69 Å². The molecule has 104 valence electrons. The Balaban J connectivity index is 2.28. The lowest BCUT2D eigenvalue weighted by Gasteiger charge is -2.07. The zero-order valence-electron chi connectivity index (χ0n) is 9.89. The van der Waals surface area contributed by atoms with E-state index >= 15 is 0 Å². The van der Waals surface area contributed by atoms with Crippen LogP contribution in [0.5, 0.6) is 5.75 Å². The predicted octanol–water partition coefficient (Wildman–Crippen LogP) is 2.97. The first kappa shape index (κ1) is 14.7. The van der Waals surface area contributed by atoms with E-state index in [4.69, 9.17) is 4.18 Å². The van der Waals surface area contributed by atoms with Gasteiger partial charge >= 0.3 is 10.1 Å². The van der Waals surface area contributed by atoms with E-state index in [-0.39, 0.29) is 16.3 Å². The number of halogens is 1. The Morgan fingerprint density at radius 1 is 1.10 bits per heavy atom. The molecule has 0 aliphatic rings. The minimum absolute atomic E-state index is 0.137. The molecule has 0 amide bonds. The van der Waals surface area contributed by atoms with Crippen LogP contribution in [0.2, 0.25) is 0 Å². The Hall–Kier alpha value is -1.68. The van der Waals surface area contributed by atoms with Crippen LogP contribution < -0.4 is 4.18 Å². The highest BCUT2D eigenvalue weighted by atomic mass is 127. The summed E-state index contributed by atoms with van der Waals surface area (Å²) in [6.07, 6.45) is 0. The van der Waals surface area contributed by atoms with E-state index in [0.717, 1.165) is 27.8 Å². The Morgan fingerprint density at radius 2 is 1.75 bits per heavy atom. The number of non-ortho nitro benzene ring substituents is 1. The second kappa shape index (κ2) is 5.75. The summed E-state index contributed by atoms with van der Waals surface area (Å²) in [6, 6.07) is 11.1. The van der Waals surface area contributed by atoms with E-state index in [9.17, 15) is 18.5 Å². The fourth-order valence-electron chi connectivity index (χ4n) is 1.43. The lowest BCUT2D eigenvalue weighted by Crippen LogP contribution is -2.09. The summed E-state index contributed by atoms with van der Waals surface area (Å²) < 4.78 is 29.8. The summed E-state index contributed by atoms with van der Waals surface area (Å²) >= 11 is 2.03. The third-order valence-electron chi connectivity index (χ3n) is 2.34. The van der Waals surface area contributed by atoms with Gasteiger partial charge in [-0.15, -0.1) is 0 Å². The molecule has 0 radical (unpaired) electrons. The molecule has 20 heavy (non-hydrogen) atoms. The third kappa shape index (κ3) is 3.45. The van der Waals surface area contributed by atoms with E-state index in [2.05, 4.69) is 0 Å². The van der Waals surface area contributed by atoms with Crippen LogP contribution in [-0.4, -0.2) is 13.3 Å². The van der Waals surface area contributed by atoms with Crippen molar-refractivity contribution in [3.8, 4) is 5.75 Å². The van der Waals surface area contributed by atoms with Gasteiger partial charge in [-0.1, -0.05) is 6.07 Å². The average molecular weight is 405 g/mol. The molecule has 0 saturated carbocycles. The van der Waals surface area contributed by atoms with Crippen molar-refractivity contribution in [3.05, 3.63) is 62.2 Å². The largest absolute Gasteiger partial charge is 0.379 e. The van der Waals surface area contributed by atoms with E-state index < -0.39 is 15.0 Å². The molecule has 2 aromatic rings. The highest BCUT2D eigenvalue weighted by molar-refractivity contribution is 14.1. The molecule has 2 aromatic carbocycles. The number of nitro groups is 1. The van der Waals surface area contributed by atoms with Crippen molar-refractivity contribution >= 4 is 38.4 Å². The van der Waals surface area contributed by atoms with Gasteiger partial charge in [0.2, 0.25) is 0 Å². The van der Waals surface area contributed by atoms with Crippen LogP contribution in [0.15, 0.2) is 53.4 Å². The third-order valence-corrected chi connectivity index (χ3v) is 4.27. The maximum atomic E-state index is 12.0. The summed E-state index contributed by atoms with van der Waals surface area (Å²) in [6.45, 7) is 0. The van der Waals surface area contributed by atoms with Crippen LogP contribution in [-0.2, 0) is 10.1 Å². The van der Waals surface area contributed by atoms with Gasteiger partial charge in [0.15, 0.2) is 0 Å². The van der Waals surface area contributed by atoms with Gasteiger partial charge in [0.25, 0.3) is 5.69 Å². The predicted molar refractivity (Wildman–Crippen MR) is 80.1 cm³/mol. The van der Waals surface area contributed by atoms with E-state index in [1.807, 2.05) is 22.6 Å². The number of benzene rings is 2. The van der Waals surface area contributed by atoms with Crippen molar-refractivity contribution in [3.63, 3.8) is 0 Å². The molecule has 0 unspecified atom stereocenters. The molecular weight excluding hydrogens is 397 g/mol. The van der Waals surface area contributed by atoms with Crippen LogP contribution in [0.1, 0.15) is 0 Å². The second-order valence-electron chi connectivity index (χ2n) is 3.75. The lowest BCUT2D eigenvalue weighted by molar-refractivity contribution is -0.384. The highest BCUT2D eigenvalue weighted by Crippen LogP contribution is 2.22. The van der Waals surface area contributed by atoms with Gasteiger partial charge in [-0.25, -0.2) is 0 Å². The summed E-state index contributed by atoms with van der Waals surface area (Å²) in [4.78, 5) is 9.78. The summed E-state index contributed by atoms with van der Waals surface area (Å²) in [7, 11) is -4.00. The van der Waals surface area contributed by atoms with Gasteiger partial charge < -0.3 is 4.18 Å². The van der Waals surface area contributed by atoms with Crippen molar-refractivity contribution in [1.82, 2.24) is 0 Å². The van der Waals surface area contributed by atoms with Crippen LogP contribution in [0, 0.1) is 13.7 Å². The fraction of sp³-hybridized carbons (Fsp3) is 0. The number of nitrogens with zero attached hydrogens (tertiary/aromatic N) is 1. The van der Waals surface area contributed by atoms with E-state index in [0.29, 0.717) is 0 Å². The van der Waals surface area contributed by atoms with Gasteiger partial charge in [-0.2, -0.15) is 8.42 Å². The molecule has 0 bridgehead atoms. The molecule has 2 rings (SSSR count). The molecule has 0 heterocycles. The minimum Gasteiger partial charge on any atom is -0.379 e. The fourth-order valence-corrected chi connectivity index (χ4v) is 2.87. The van der Waals surface area contributed by atoms with Gasteiger partial charge in [0, 0.05) is 15.7 Å². The first-order valence-corrected chi connectivity index (χ1v) is 7.82. The molecule has 0 aliphatic carbocycles. The molecule has 8 heteroatoms. The van der Waals surface area contributed by atoms with Crippen molar-refractivity contribution in [2.45, 2.75) is 4.90 Å². The second-order valence-corrected chi connectivity index (χ2v) is 6.54. The molecule has 0 spiro atoms. The SMILES string of the molecule is O=[N+]([O-])c1ccc(S(=O)(=O)Oc2cccc(I)c2)cc1. The maximum Gasteiger partial charge on any atom is 0.339 e. The van der Waals surface area contributed by atoms with Crippen molar-refractivity contribution in [2.75, 3.05) is 0 Å². The lowest BCUT2D eigenvalue weighted by atomic mass is 10.3. The number of rotatable bonds is 4. The molecule has 6 nitrogen and oxygen atoms in total. The number of hydrogen-bond donors (Lipinski definition) is 0. The van der Waals surface area contributed by atoms with Crippen LogP contribution >= 0.6 is 22.6 Å². The molecule has 0 fully saturated rings. The standard InChI is InChI=1S/C12H8INO5S/c13-9-2-1-3-11(8-9)19-20(17,18)12-6-4-10(5-7-12)14(15)16/h1-8H. The zero-order chi connectivity index (χ0) is 14.8. The zero-order valence-corrected chi connectivity index (χ0v) is 12.9. The maximum absolute atomic E-state index is 12.0. The van der Waals surface area contributed by atoms with Gasteiger partial charge in [-0.3, -0.25) is 10.1 Å². The highest BCUT2D eigenvalue weighted by Gasteiger charge is 2.18. The van der Waals surface area contributed by atoms with Crippen LogP contribution in [0.25, 0.3) is 0 Å². The summed E-state index contributed by atoms with van der Waals surface area (Å²) in [5.74, 6) is 0.190. The van der Waals surface area contributed by atoms with Gasteiger partial charge in [0.05, 0.1) is 4.92 Å². The van der Waals surface area contributed by atoms with E-state index in [1.165, 1.54) is 6.07 Å². The smallest absolute Gasteiger partial charge is 0.339 e. The van der Waals surface area contributed by atoms with Crippen molar-refractivity contribution in [1.29, 1.82) is 0 Å². The Morgan fingerprint density at radius 3 is 2.30 bits per heavy atom. The molecule has 0 atom stereocenters. The monoisotopic (exact) mass is 405 g/mol. The minimum atomic E-state index is -4.00. The Kier molecular flexibility index (Phi) is 4.23. The molecule has 0 aliphatic heterocycles. The quantitative estimate of drug-likeness (QED) is 0.338. The Bertz CT molecular complexity index is 743. The summed E-state index contributed by atoms with van der Waals surface area (Å²) in [5, 5.41) is 10.5. The molecule has 0 N–H and O–H groups in total. The van der Waals surface area contributed by atoms with Crippen LogP contribution in [0.3, 0.4) is 0 Å². The van der Waals surface area contributed by atoms with Gasteiger partial charge in [0.1, 0.15) is 10.6 Å². The number of hydrogen-bond acceptors (Lipinski definition) is 5. The molecule has 0 saturated heterocycles. The first-order chi connectivity index (χ1) is 9.38. The molecule has 0 aromatic heterocycles. The Labute approximate surface area is 128 Å². The van der Waals surface area contributed by atoms with Crippen molar-refractivity contribution < 1.29 is 17.5 Å². The molecular formula is C12H8INO5S. The first-order valence-electron chi connectivity index (χ1n) is 5.33. The van der Waals surface area contributed by atoms with Crippen molar-refractivity contribution in [2.24, 2.45) is 0 Å². The van der Waals surface area contributed by atoms with Gasteiger partial charge in [-0.05, 0) is 52.9 Å². The number of nitro benzene ring substituents is 1. The average Bonchev–Trinajstić information content (AvgIpc) is 2.38. The topological polar surface area (TPSA) is 86.5 Å².